The van der Waals surface area contributed by atoms with Crippen LogP contribution in [0.5, 0.6) is 11.5 Å². The minimum Gasteiger partial charge on any atom is -0.457 e. The van der Waals surface area contributed by atoms with Gasteiger partial charge in [0.2, 0.25) is 0 Å². The molecule has 0 bridgehead atoms. The molecule has 0 aliphatic heterocycles. The Kier molecular flexibility index (Phi) is 3.36. The second-order valence-electron chi connectivity index (χ2n) is 3.33. The van der Waals surface area contributed by atoms with Gasteiger partial charge in [-0.3, -0.25) is 0 Å². The van der Waals surface area contributed by atoms with Gasteiger partial charge in [0, 0.05) is 16.7 Å². The Balaban J connectivity index is 2.29. The zero-order valence-electron chi connectivity index (χ0n) is 8.71. The second kappa shape index (κ2) is 4.77. The fraction of sp³-hybridized carbons (Fsp3) is 0. The molecule has 0 amide bonds. The summed E-state index contributed by atoms with van der Waals surface area (Å²) < 4.78 is 27.8. The van der Waals surface area contributed by atoms with Crippen molar-refractivity contribution in [3.8, 4) is 11.5 Å². The first-order chi connectivity index (χ1) is 8.05. The molecule has 2 rings (SSSR count). The number of hydrogen-bond donors (Lipinski definition) is 0. The molecule has 0 saturated heterocycles. The lowest BCUT2D eigenvalue weighted by Gasteiger charge is -2.05. The summed E-state index contributed by atoms with van der Waals surface area (Å²) in [7, 11) is 1.52. The monoisotopic (exact) mass is 268 g/mol. The van der Waals surface area contributed by atoms with Crippen LogP contribution >= 0.6 is 10.7 Å². The van der Waals surface area contributed by atoms with E-state index in [1.807, 2.05) is 18.2 Å². The molecule has 2 aromatic carbocycles. The molecule has 0 spiro atoms. The maximum absolute atomic E-state index is 11.1. The van der Waals surface area contributed by atoms with E-state index in [2.05, 4.69) is 0 Å². The van der Waals surface area contributed by atoms with Gasteiger partial charge in [-0.1, -0.05) is 24.3 Å². The molecule has 0 aliphatic carbocycles. The number of benzene rings is 2. The van der Waals surface area contributed by atoms with Gasteiger partial charge in [0.25, 0.3) is 9.05 Å². The maximum atomic E-state index is 11.1. The summed E-state index contributed by atoms with van der Waals surface area (Å²) in [6, 6.07) is 15.1. The predicted octanol–water partition coefficient (Wildman–Crippen LogP) is 3.41. The Bertz CT molecular complexity index is 609. The fourth-order valence-corrected chi connectivity index (χ4v) is 2.10. The molecule has 0 fully saturated rings. The summed E-state index contributed by atoms with van der Waals surface area (Å²) in [4.78, 5) is 0.0209. The summed E-state index contributed by atoms with van der Waals surface area (Å²) in [5, 5.41) is 0. The van der Waals surface area contributed by atoms with Crippen molar-refractivity contribution in [1.29, 1.82) is 0 Å². The normalized spacial score (nSPS) is 11.1. The molecule has 3 nitrogen and oxygen atoms in total. The summed E-state index contributed by atoms with van der Waals surface area (Å²) in [5.41, 5.74) is 0. The topological polar surface area (TPSA) is 43.4 Å². The van der Waals surface area contributed by atoms with E-state index in [0.29, 0.717) is 11.5 Å². The molecule has 0 atom stereocenters. The van der Waals surface area contributed by atoms with Crippen LogP contribution in [0.25, 0.3) is 0 Å². The van der Waals surface area contributed by atoms with E-state index in [1.165, 1.54) is 12.1 Å². The summed E-state index contributed by atoms with van der Waals surface area (Å²) >= 11 is 0. The third kappa shape index (κ3) is 3.22. The molecule has 0 N–H and O–H groups in total. The number of halogens is 1. The molecule has 0 saturated carbocycles. The van der Waals surface area contributed by atoms with Crippen LogP contribution in [0.1, 0.15) is 0 Å². The van der Waals surface area contributed by atoms with Crippen molar-refractivity contribution in [2.45, 2.75) is 4.90 Å². The smallest absolute Gasteiger partial charge is 0.261 e. The lowest BCUT2D eigenvalue weighted by atomic mass is 10.3. The van der Waals surface area contributed by atoms with Crippen LogP contribution < -0.4 is 4.74 Å². The van der Waals surface area contributed by atoms with Crippen LogP contribution in [-0.4, -0.2) is 8.42 Å². The maximum Gasteiger partial charge on any atom is 0.261 e. The van der Waals surface area contributed by atoms with Crippen LogP contribution in [-0.2, 0) is 9.05 Å². The van der Waals surface area contributed by atoms with Gasteiger partial charge in [0.1, 0.15) is 11.5 Å². The molecule has 5 heteroatoms. The van der Waals surface area contributed by atoms with Crippen LogP contribution in [0, 0.1) is 0 Å². The molecule has 0 unspecified atom stereocenters. The van der Waals surface area contributed by atoms with Crippen molar-refractivity contribution in [3.63, 3.8) is 0 Å². The van der Waals surface area contributed by atoms with E-state index in [-0.39, 0.29) is 4.90 Å². The number of rotatable bonds is 3. The van der Waals surface area contributed by atoms with Gasteiger partial charge in [-0.05, 0) is 24.3 Å². The number of para-hydroxylation sites is 1. The molecule has 2 aromatic rings. The van der Waals surface area contributed by atoms with Crippen molar-refractivity contribution in [2.75, 3.05) is 0 Å². The standard InChI is InChI=1S/C12H9ClO3S/c13-17(14,15)12-8-4-7-11(9-12)16-10-5-2-1-3-6-10/h1-9H. The zero-order valence-corrected chi connectivity index (χ0v) is 10.3. The Hall–Kier alpha value is -1.52. The molecule has 0 heterocycles. The van der Waals surface area contributed by atoms with Gasteiger partial charge < -0.3 is 4.74 Å². The van der Waals surface area contributed by atoms with Gasteiger partial charge in [0.15, 0.2) is 0 Å². The molecular weight excluding hydrogens is 260 g/mol. The molecule has 88 valence electrons. The van der Waals surface area contributed by atoms with Crippen LogP contribution in [0.3, 0.4) is 0 Å². The lowest BCUT2D eigenvalue weighted by Crippen LogP contribution is -1.91. The van der Waals surface area contributed by atoms with Crippen LogP contribution in [0.2, 0.25) is 0 Å². The molecule has 0 aromatic heterocycles. The molecule has 0 radical (unpaired) electrons. The number of ether oxygens (including phenoxy) is 1. The van der Waals surface area contributed by atoms with Crippen molar-refractivity contribution in [1.82, 2.24) is 0 Å². The Morgan fingerprint density at radius 3 is 2.18 bits per heavy atom. The van der Waals surface area contributed by atoms with Gasteiger partial charge in [-0.25, -0.2) is 8.42 Å². The third-order valence-electron chi connectivity index (χ3n) is 2.07. The fourth-order valence-electron chi connectivity index (χ4n) is 1.31. The first kappa shape index (κ1) is 12.0. The van der Waals surface area contributed by atoms with Gasteiger partial charge in [-0.2, -0.15) is 0 Å². The largest absolute Gasteiger partial charge is 0.457 e. The summed E-state index contributed by atoms with van der Waals surface area (Å²) in [6.07, 6.45) is 0. The molecule has 0 aliphatic rings. The van der Waals surface area contributed by atoms with Crippen molar-refractivity contribution < 1.29 is 13.2 Å². The van der Waals surface area contributed by atoms with E-state index >= 15 is 0 Å². The van der Waals surface area contributed by atoms with E-state index in [9.17, 15) is 8.42 Å². The summed E-state index contributed by atoms with van der Waals surface area (Å²) in [5.74, 6) is 1.06. The van der Waals surface area contributed by atoms with E-state index in [1.54, 1.807) is 24.3 Å². The van der Waals surface area contributed by atoms with E-state index < -0.39 is 9.05 Å². The Morgan fingerprint density at radius 1 is 0.882 bits per heavy atom. The van der Waals surface area contributed by atoms with Crippen LogP contribution in [0.15, 0.2) is 59.5 Å². The second-order valence-corrected chi connectivity index (χ2v) is 5.89. The van der Waals surface area contributed by atoms with Crippen molar-refractivity contribution in [3.05, 3.63) is 54.6 Å². The number of hydrogen-bond acceptors (Lipinski definition) is 3. The van der Waals surface area contributed by atoms with Crippen molar-refractivity contribution in [2.24, 2.45) is 0 Å². The lowest BCUT2D eigenvalue weighted by molar-refractivity contribution is 0.481. The van der Waals surface area contributed by atoms with Gasteiger partial charge in [0.05, 0.1) is 4.90 Å². The zero-order chi connectivity index (χ0) is 12.3. The first-order valence-corrected chi connectivity index (χ1v) is 7.14. The minimum atomic E-state index is -3.73. The van der Waals surface area contributed by atoms with Crippen LogP contribution in [0.4, 0.5) is 0 Å². The quantitative estimate of drug-likeness (QED) is 0.801. The average molecular weight is 269 g/mol. The third-order valence-corrected chi connectivity index (χ3v) is 3.42. The minimum absolute atomic E-state index is 0.0209. The summed E-state index contributed by atoms with van der Waals surface area (Å²) in [6.45, 7) is 0. The Morgan fingerprint density at radius 2 is 1.53 bits per heavy atom. The Labute approximate surface area is 104 Å². The van der Waals surface area contributed by atoms with E-state index in [0.717, 1.165) is 0 Å². The van der Waals surface area contributed by atoms with Gasteiger partial charge >= 0.3 is 0 Å². The average Bonchev–Trinajstić information content (AvgIpc) is 2.29. The van der Waals surface area contributed by atoms with Gasteiger partial charge in [-0.15, -0.1) is 0 Å². The highest BCUT2D eigenvalue weighted by Gasteiger charge is 2.10. The first-order valence-electron chi connectivity index (χ1n) is 4.83. The SMILES string of the molecule is O=S(=O)(Cl)c1cccc(Oc2ccccc2)c1. The predicted molar refractivity (Wildman–Crippen MR) is 66.0 cm³/mol. The molecule has 17 heavy (non-hydrogen) atoms. The van der Waals surface area contributed by atoms with E-state index in [4.69, 9.17) is 15.4 Å². The highest BCUT2D eigenvalue weighted by Crippen LogP contribution is 2.25. The van der Waals surface area contributed by atoms with Crippen molar-refractivity contribution >= 4 is 19.7 Å². The highest BCUT2D eigenvalue weighted by atomic mass is 35.7. The highest BCUT2D eigenvalue weighted by molar-refractivity contribution is 8.13. The molecular formula is C12H9ClO3S.